The number of para-hydroxylation sites is 1. The summed E-state index contributed by atoms with van der Waals surface area (Å²) < 4.78 is 15.4. The summed E-state index contributed by atoms with van der Waals surface area (Å²) in [5, 5.41) is 0.536. The molecule has 0 aromatic heterocycles. The standard InChI is InChI=1S/C21H20N2O5S/c1-23-19(24)17(12-14-6-5-7-16(26-2)18(14)27-3)29-21(23)22-15-10-8-13(9-11-15)20(25)28-4/h5-12H,1-4H3/b17-12-,22-21?. The smallest absolute Gasteiger partial charge is 0.337 e. The number of amidine groups is 1. The van der Waals surface area contributed by atoms with E-state index < -0.39 is 5.97 Å². The van der Waals surface area contributed by atoms with Crippen LogP contribution >= 0.6 is 11.8 Å². The maximum Gasteiger partial charge on any atom is 0.337 e. The molecule has 1 aliphatic heterocycles. The van der Waals surface area contributed by atoms with E-state index in [1.807, 2.05) is 12.1 Å². The number of amides is 1. The van der Waals surface area contributed by atoms with E-state index in [4.69, 9.17) is 9.47 Å². The number of likely N-dealkylation sites (N-methyl/N-ethyl adjacent to an activating group) is 1. The van der Waals surface area contributed by atoms with Crippen LogP contribution in [0, 0.1) is 0 Å². The van der Waals surface area contributed by atoms with Crippen molar-refractivity contribution >= 4 is 40.6 Å². The molecule has 0 unspecified atom stereocenters. The number of ether oxygens (including phenoxy) is 3. The molecule has 2 aromatic carbocycles. The first-order valence-corrected chi connectivity index (χ1v) is 9.45. The van der Waals surface area contributed by atoms with Gasteiger partial charge in [-0.3, -0.25) is 9.69 Å². The Bertz CT molecular complexity index is 999. The van der Waals surface area contributed by atoms with Gasteiger partial charge in [0.15, 0.2) is 16.7 Å². The lowest BCUT2D eigenvalue weighted by Gasteiger charge is -2.10. The van der Waals surface area contributed by atoms with E-state index in [0.717, 1.165) is 5.56 Å². The number of thioether (sulfide) groups is 1. The number of benzene rings is 2. The largest absolute Gasteiger partial charge is 0.493 e. The Kier molecular flexibility index (Phi) is 6.23. The molecule has 2 aromatic rings. The molecule has 0 N–H and O–H groups in total. The topological polar surface area (TPSA) is 77.4 Å². The fourth-order valence-electron chi connectivity index (χ4n) is 2.72. The third-order valence-corrected chi connectivity index (χ3v) is 5.30. The molecular weight excluding hydrogens is 392 g/mol. The Hall–Kier alpha value is -3.26. The Morgan fingerprint density at radius 1 is 1.07 bits per heavy atom. The molecule has 0 atom stereocenters. The second-order valence-electron chi connectivity index (χ2n) is 5.99. The van der Waals surface area contributed by atoms with Gasteiger partial charge in [-0.05, 0) is 48.2 Å². The minimum absolute atomic E-state index is 0.162. The Labute approximate surface area is 173 Å². The summed E-state index contributed by atoms with van der Waals surface area (Å²) in [5.74, 6) is 0.571. The predicted molar refractivity (Wildman–Crippen MR) is 113 cm³/mol. The summed E-state index contributed by atoms with van der Waals surface area (Å²) in [4.78, 5) is 30.7. The van der Waals surface area contributed by atoms with Gasteiger partial charge in [0.25, 0.3) is 5.91 Å². The van der Waals surface area contributed by atoms with E-state index in [0.29, 0.717) is 32.8 Å². The second-order valence-corrected chi connectivity index (χ2v) is 7.00. The number of methoxy groups -OCH3 is 3. The van der Waals surface area contributed by atoms with Gasteiger partial charge in [-0.25, -0.2) is 9.79 Å². The van der Waals surface area contributed by atoms with E-state index in [2.05, 4.69) is 9.73 Å². The first kappa shape index (κ1) is 20.5. The van der Waals surface area contributed by atoms with E-state index in [9.17, 15) is 9.59 Å². The minimum atomic E-state index is -0.413. The number of aliphatic imine (C=N–C) groups is 1. The molecule has 8 heteroatoms. The Morgan fingerprint density at radius 2 is 1.79 bits per heavy atom. The Morgan fingerprint density at radius 3 is 2.41 bits per heavy atom. The molecular formula is C21H20N2O5S. The lowest BCUT2D eigenvalue weighted by molar-refractivity contribution is -0.121. The summed E-state index contributed by atoms with van der Waals surface area (Å²) in [7, 11) is 6.12. The van der Waals surface area contributed by atoms with Crippen LogP contribution in [0.3, 0.4) is 0 Å². The highest BCUT2D eigenvalue weighted by atomic mass is 32.2. The minimum Gasteiger partial charge on any atom is -0.493 e. The summed E-state index contributed by atoms with van der Waals surface area (Å²) in [6.45, 7) is 0. The average molecular weight is 412 g/mol. The lowest BCUT2D eigenvalue weighted by atomic mass is 10.1. The van der Waals surface area contributed by atoms with Gasteiger partial charge in [-0.1, -0.05) is 12.1 Å². The third-order valence-electron chi connectivity index (χ3n) is 4.24. The van der Waals surface area contributed by atoms with Crippen LogP contribution in [0.2, 0.25) is 0 Å². The molecule has 1 amide bonds. The number of nitrogens with zero attached hydrogens (tertiary/aromatic N) is 2. The number of hydrogen-bond donors (Lipinski definition) is 0. The van der Waals surface area contributed by atoms with Crippen molar-refractivity contribution < 1.29 is 23.8 Å². The number of hydrogen-bond acceptors (Lipinski definition) is 7. The summed E-state index contributed by atoms with van der Waals surface area (Å²) in [5.41, 5.74) is 1.80. The van der Waals surface area contributed by atoms with Crippen LogP contribution in [0.25, 0.3) is 6.08 Å². The van der Waals surface area contributed by atoms with Gasteiger partial charge in [0, 0.05) is 12.6 Å². The van der Waals surface area contributed by atoms with Crippen molar-refractivity contribution in [3.8, 4) is 11.5 Å². The maximum atomic E-state index is 12.7. The number of rotatable bonds is 5. The Balaban J connectivity index is 1.89. The van der Waals surface area contributed by atoms with Crippen LogP contribution in [-0.2, 0) is 9.53 Å². The van der Waals surface area contributed by atoms with Gasteiger partial charge in [-0.15, -0.1) is 0 Å². The van der Waals surface area contributed by atoms with Crippen LogP contribution in [0.1, 0.15) is 15.9 Å². The molecule has 3 rings (SSSR count). The predicted octanol–water partition coefficient (Wildman–Crippen LogP) is 3.72. The van der Waals surface area contributed by atoms with Crippen molar-refractivity contribution in [2.24, 2.45) is 4.99 Å². The van der Waals surface area contributed by atoms with Crippen molar-refractivity contribution in [3.05, 3.63) is 58.5 Å². The molecule has 1 heterocycles. The first-order valence-electron chi connectivity index (χ1n) is 8.64. The zero-order chi connectivity index (χ0) is 21.0. The van der Waals surface area contributed by atoms with Crippen molar-refractivity contribution in [2.45, 2.75) is 0 Å². The molecule has 1 fully saturated rings. The van der Waals surface area contributed by atoms with Gasteiger partial charge >= 0.3 is 5.97 Å². The zero-order valence-electron chi connectivity index (χ0n) is 16.5. The molecule has 0 aliphatic carbocycles. The molecule has 0 spiro atoms. The monoisotopic (exact) mass is 412 g/mol. The van der Waals surface area contributed by atoms with E-state index >= 15 is 0 Å². The molecule has 1 saturated heterocycles. The van der Waals surface area contributed by atoms with Crippen LogP contribution in [0.15, 0.2) is 52.4 Å². The first-order chi connectivity index (χ1) is 14.0. The van der Waals surface area contributed by atoms with Crippen molar-refractivity contribution in [2.75, 3.05) is 28.4 Å². The molecule has 0 saturated carbocycles. The molecule has 0 bridgehead atoms. The van der Waals surface area contributed by atoms with Crippen LogP contribution in [-0.4, -0.2) is 50.3 Å². The van der Waals surface area contributed by atoms with E-state index in [1.54, 1.807) is 57.7 Å². The van der Waals surface area contributed by atoms with Crippen LogP contribution in [0.5, 0.6) is 11.5 Å². The quantitative estimate of drug-likeness (QED) is 0.550. The molecule has 1 aliphatic rings. The van der Waals surface area contributed by atoms with Crippen LogP contribution in [0.4, 0.5) is 5.69 Å². The van der Waals surface area contributed by atoms with Crippen molar-refractivity contribution in [1.82, 2.24) is 4.90 Å². The van der Waals surface area contributed by atoms with Gasteiger partial charge in [0.1, 0.15) is 0 Å². The third kappa shape index (κ3) is 4.27. The van der Waals surface area contributed by atoms with Gasteiger partial charge in [0.2, 0.25) is 0 Å². The molecule has 29 heavy (non-hydrogen) atoms. The van der Waals surface area contributed by atoms with Gasteiger partial charge in [0.05, 0.1) is 37.5 Å². The maximum absolute atomic E-state index is 12.7. The van der Waals surface area contributed by atoms with Crippen molar-refractivity contribution in [1.29, 1.82) is 0 Å². The highest BCUT2D eigenvalue weighted by Crippen LogP contribution is 2.37. The highest BCUT2D eigenvalue weighted by Gasteiger charge is 2.30. The summed E-state index contributed by atoms with van der Waals surface area (Å²) in [6.07, 6.45) is 1.76. The fourth-order valence-corrected chi connectivity index (χ4v) is 3.70. The van der Waals surface area contributed by atoms with E-state index in [1.165, 1.54) is 23.8 Å². The molecule has 7 nitrogen and oxygen atoms in total. The number of esters is 1. The molecule has 0 radical (unpaired) electrons. The summed E-state index contributed by atoms with van der Waals surface area (Å²) in [6, 6.07) is 12.1. The average Bonchev–Trinajstić information content (AvgIpc) is 3.01. The van der Waals surface area contributed by atoms with Crippen molar-refractivity contribution in [3.63, 3.8) is 0 Å². The van der Waals surface area contributed by atoms with Gasteiger partial charge < -0.3 is 14.2 Å². The zero-order valence-corrected chi connectivity index (χ0v) is 17.3. The van der Waals surface area contributed by atoms with Crippen LogP contribution < -0.4 is 9.47 Å². The molecule has 150 valence electrons. The number of carbonyl (C=O) groups excluding carboxylic acids is 2. The normalized spacial score (nSPS) is 16.4. The number of carbonyl (C=O) groups is 2. The fraction of sp³-hybridized carbons (Fsp3) is 0.190. The van der Waals surface area contributed by atoms with Gasteiger partial charge in [-0.2, -0.15) is 0 Å². The SMILES string of the molecule is COC(=O)c1ccc(N=C2S/C(=C\c3cccc(OC)c3OC)C(=O)N2C)cc1. The lowest BCUT2D eigenvalue weighted by Crippen LogP contribution is -2.23. The highest BCUT2D eigenvalue weighted by molar-refractivity contribution is 8.18. The van der Waals surface area contributed by atoms with E-state index in [-0.39, 0.29) is 5.91 Å². The second kappa shape index (κ2) is 8.83. The summed E-state index contributed by atoms with van der Waals surface area (Å²) >= 11 is 1.26.